The molecule has 0 spiro atoms. The molecule has 4 nitrogen and oxygen atoms in total. The van der Waals surface area contributed by atoms with E-state index in [0.29, 0.717) is 10.7 Å². The second-order valence-corrected chi connectivity index (χ2v) is 5.04. The van der Waals surface area contributed by atoms with E-state index in [1.165, 1.54) is 4.57 Å². The van der Waals surface area contributed by atoms with Crippen LogP contribution in [0.5, 0.6) is 0 Å². The van der Waals surface area contributed by atoms with Crippen LogP contribution in [-0.2, 0) is 11.3 Å². The number of carbonyl (C=O) groups excluding carboxylic acids is 1. The first-order valence-corrected chi connectivity index (χ1v) is 6.52. The van der Waals surface area contributed by atoms with Crippen LogP contribution in [0.1, 0.15) is 5.69 Å². The maximum atomic E-state index is 11.8. The number of hydrogen-bond donors (Lipinski definition) is 1. The predicted molar refractivity (Wildman–Crippen MR) is 73.4 cm³/mol. The predicted octanol–water partition coefficient (Wildman–Crippen LogP) is 2.51. The SMILES string of the molecule is Cc1csc(=O)n1CC(=O)Nc1cccc(Cl)c1. The molecular formula is C12H11ClN2O2S. The van der Waals surface area contributed by atoms with Gasteiger partial charge in [0.1, 0.15) is 6.54 Å². The fourth-order valence-corrected chi connectivity index (χ4v) is 2.43. The summed E-state index contributed by atoms with van der Waals surface area (Å²) in [5.74, 6) is -0.249. The quantitative estimate of drug-likeness (QED) is 0.940. The Labute approximate surface area is 113 Å². The number of rotatable bonds is 3. The van der Waals surface area contributed by atoms with Crippen molar-refractivity contribution in [3.63, 3.8) is 0 Å². The zero-order valence-electron chi connectivity index (χ0n) is 9.64. The van der Waals surface area contributed by atoms with E-state index in [1.807, 2.05) is 0 Å². The maximum Gasteiger partial charge on any atom is 0.307 e. The maximum absolute atomic E-state index is 11.8. The molecule has 0 aliphatic rings. The number of aryl methyl sites for hydroxylation is 1. The highest BCUT2D eigenvalue weighted by Crippen LogP contribution is 2.14. The van der Waals surface area contributed by atoms with Crippen LogP contribution < -0.4 is 10.2 Å². The first kappa shape index (κ1) is 12.9. The van der Waals surface area contributed by atoms with Gasteiger partial charge in [-0.1, -0.05) is 29.0 Å². The van der Waals surface area contributed by atoms with E-state index in [9.17, 15) is 9.59 Å². The largest absolute Gasteiger partial charge is 0.324 e. The van der Waals surface area contributed by atoms with Gasteiger partial charge in [0, 0.05) is 21.8 Å². The van der Waals surface area contributed by atoms with Gasteiger partial charge in [0.2, 0.25) is 5.91 Å². The lowest BCUT2D eigenvalue weighted by Gasteiger charge is -2.06. The molecule has 0 saturated heterocycles. The Morgan fingerprint density at radius 3 is 2.89 bits per heavy atom. The molecule has 1 N–H and O–H groups in total. The molecule has 0 aliphatic heterocycles. The summed E-state index contributed by atoms with van der Waals surface area (Å²) in [6.45, 7) is 1.81. The minimum atomic E-state index is -0.249. The lowest BCUT2D eigenvalue weighted by molar-refractivity contribution is -0.116. The van der Waals surface area contributed by atoms with Crippen LogP contribution in [0.3, 0.4) is 0 Å². The molecule has 0 fully saturated rings. The summed E-state index contributed by atoms with van der Waals surface area (Å²) in [4.78, 5) is 23.1. The minimum absolute atomic E-state index is 0.0146. The molecule has 1 aromatic heterocycles. The number of aromatic nitrogens is 1. The monoisotopic (exact) mass is 282 g/mol. The van der Waals surface area contributed by atoms with Gasteiger partial charge < -0.3 is 5.32 Å². The van der Waals surface area contributed by atoms with Gasteiger partial charge in [0.05, 0.1) is 0 Å². The van der Waals surface area contributed by atoms with Crippen molar-refractivity contribution in [3.8, 4) is 0 Å². The van der Waals surface area contributed by atoms with Crippen LogP contribution in [0.2, 0.25) is 5.02 Å². The van der Waals surface area contributed by atoms with Crippen molar-refractivity contribution in [2.75, 3.05) is 5.32 Å². The van der Waals surface area contributed by atoms with E-state index < -0.39 is 0 Å². The van der Waals surface area contributed by atoms with Crippen LogP contribution in [0.4, 0.5) is 5.69 Å². The summed E-state index contributed by atoms with van der Waals surface area (Å²) in [5, 5.41) is 4.98. The number of hydrogen-bond acceptors (Lipinski definition) is 3. The molecule has 0 radical (unpaired) electrons. The second kappa shape index (κ2) is 5.37. The number of nitrogens with one attached hydrogen (secondary N) is 1. The normalized spacial score (nSPS) is 10.3. The number of halogens is 1. The summed E-state index contributed by atoms with van der Waals surface area (Å²) >= 11 is 6.90. The topological polar surface area (TPSA) is 51.1 Å². The Hall–Kier alpha value is -1.59. The average Bonchev–Trinajstić information content (AvgIpc) is 2.61. The highest BCUT2D eigenvalue weighted by Gasteiger charge is 2.08. The summed E-state index contributed by atoms with van der Waals surface area (Å²) in [6.07, 6.45) is 0. The second-order valence-electron chi connectivity index (χ2n) is 3.79. The van der Waals surface area contributed by atoms with Crippen LogP contribution in [0.15, 0.2) is 34.4 Å². The van der Waals surface area contributed by atoms with Crippen molar-refractivity contribution in [1.29, 1.82) is 0 Å². The van der Waals surface area contributed by atoms with Crippen molar-refractivity contribution in [2.24, 2.45) is 0 Å². The van der Waals surface area contributed by atoms with Gasteiger partial charge in [-0.05, 0) is 25.1 Å². The van der Waals surface area contributed by atoms with E-state index in [2.05, 4.69) is 5.32 Å². The van der Waals surface area contributed by atoms with Crippen LogP contribution >= 0.6 is 22.9 Å². The number of thiazole rings is 1. The van der Waals surface area contributed by atoms with Crippen LogP contribution in [0, 0.1) is 6.92 Å². The standard InChI is InChI=1S/C12H11ClN2O2S/c1-8-7-18-12(17)15(8)6-11(16)14-10-4-2-3-9(13)5-10/h2-5,7H,6H2,1H3,(H,14,16). The third kappa shape index (κ3) is 3.00. The minimum Gasteiger partial charge on any atom is -0.324 e. The molecule has 2 rings (SSSR count). The molecule has 1 amide bonds. The lowest BCUT2D eigenvalue weighted by Crippen LogP contribution is -2.25. The molecule has 2 aromatic rings. The van der Waals surface area contributed by atoms with Gasteiger partial charge in [-0.2, -0.15) is 0 Å². The van der Waals surface area contributed by atoms with Gasteiger partial charge in [-0.3, -0.25) is 14.2 Å². The molecule has 1 aromatic carbocycles. The number of amides is 1. The number of anilines is 1. The third-order valence-electron chi connectivity index (χ3n) is 2.39. The fourth-order valence-electron chi connectivity index (χ4n) is 1.51. The van der Waals surface area contributed by atoms with E-state index >= 15 is 0 Å². The Balaban J connectivity index is 2.08. The number of nitrogens with zero attached hydrogens (tertiary/aromatic N) is 1. The lowest BCUT2D eigenvalue weighted by atomic mass is 10.3. The Morgan fingerprint density at radius 1 is 1.50 bits per heavy atom. The number of carbonyl (C=O) groups is 1. The van der Waals surface area contributed by atoms with Gasteiger partial charge >= 0.3 is 4.87 Å². The van der Waals surface area contributed by atoms with Crippen LogP contribution in [0.25, 0.3) is 0 Å². The van der Waals surface area contributed by atoms with E-state index in [4.69, 9.17) is 11.6 Å². The zero-order valence-corrected chi connectivity index (χ0v) is 11.2. The van der Waals surface area contributed by atoms with E-state index in [-0.39, 0.29) is 17.3 Å². The molecule has 0 aliphatic carbocycles. The average molecular weight is 283 g/mol. The van der Waals surface area contributed by atoms with E-state index in [0.717, 1.165) is 17.0 Å². The third-order valence-corrected chi connectivity index (χ3v) is 3.50. The van der Waals surface area contributed by atoms with Gasteiger partial charge in [0.25, 0.3) is 0 Å². The molecular weight excluding hydrogens is 272 g/mol. The highest BCUT2D eigenvalue weighted by molar-refractivity contribution is 7.07. The van der Waals surface area contributed by atoms with Crippen molar-refractivity contribution in [2.45, 2.75) is 13.5 Å². The van der Waals surface area contributed by atoms with Gasteiger partial charge in [-0.25, -0.2) is 0 Å². The summed E-state index contributed by atoms with van der Waals surface area (Å²) in [5.41, 5.74) is 1.40. The van der Waals surface area contributed by atoms with Crippen molar-refractivity contribution >= 4 is 34.5 Å². The summed E-state index contributed by atoms with van der Waals surface area (Å²) in [6, 6.07) is 6.88. The summed E-state index contributed by atoms with van der Waals surface area (Å²) < 4.78 is 1.44. The Kier molecular flexibility index (Phi) is 3.84. The number of benzene rings is 1. The Morgan fingerprint density at radius 2 is 2.28 bits per heavy atom. The molecule has 0 atom stereocenters. The zero-order chi connectivity index (χ0) is 13.1. The van der Waals surface area contributed by atoms with Crippen LogP contribution in [-0.4, -0.2) is 10.5 Å². The summed E-state index contributed by atoms with van der Waals surface area (Å²) in [7, 11) is 0. The van der Waals surface area contributed by atoms with E-state index in [1.54, 1.807) is 36.6 Å². The Bertz CT molecular complexity index is 633. The smallest absolute Gasteiger partial charge is 0.307 e. The molecule has 94 valence electrons. The van der Waals surface area contributed by atoms with Crippen molar-refractivity contribution in [1.82, 2.24) is 4.57 Å². The van der Waals surface area contributed by atoms with Crippen molar-refractivity contribution in [3.05, 3.63) is 50.0 Å². The molecule has 6 heteroatoms. The van der Waals surface area contributed by atoms with Gasteiger partial charge in [-0.15, -0.1) is 0 Å². The molecule has 18 heavy (non-hydrogen) atoms. The first-order valence-electron chi connectivity index (χ1n) is 5.26. The molecule has 0 saturated carbocycles. The fraction of sp³-hybridized carbons (Fsp3) is 0.167. The molecule has 0 bridgehead atoms. The molecule has 1 heterocycles. The first-order chi connectivity index (χ1) is 8.56. The van der Waals surface area contributed by atoms with Gasteiger partial charge in [0.15, 0.2) is 0 Å². The molecule has 0 unspecified atom stereocenters. The van der Waals surface area contributed by atoms with Crippen molar-refractivity contribution < 1.29 is 4.79 Å². The highest BCUT2D eigenvalue weighted by atomic mass is 35.5.